The first kappa shape index (κ1) is 20.0. The highest BCUT2D eigenvalue weighted by molar-refractivity contribution is 6.37. The van der Waals surface area contributed by atoms with Gasteiger partial charge in [-0.3, -0.25) is 9.69 Å². The van der Waals surface area contributed by atoms with Crippen molar-refractivity contribution in [2.24, 2.45) is 0 Å². The summed E-state index contributed by atoms with van der Waals surface area (Å²) in [6.45, 7) is 5.89. The third-order valence-corrected chi connectivity index (χ3v) is 5.99. The molecule has 5 nitrogen and oxygen atoms in total. The van der Waals surface area contributed by atoms with Gasteiger partial charge in [0.2, 0.25) is 5.91 Å². The molecular formula is C21H19Cl2FN2O3. The molecule has 2 aliphatic rings. The van der Waals surface area contributed by atoms with Crippen LogP contribution in [0.5, 0.6) is 11.5 Å². The van der Waals surface area contributed by atoms with E-state index in [1.165, 1.54) is 12.1 Å². The van der Waals surface area contributed by atoms with Crippen LogP contribution in [0.1, 0.15) is 5.56 Å². The summed E-state index contributed by atoms with van der Waals surface area (Å²) in [5.74, 6) is -0.852. The number of aromatic hydroxyl groups is 1. The van der Waals surface area contributed by atoms with Crippen molar-refractivity contribution in [2.75, 3.05) is 26.2 Å². The molecule has 0 aromatic heterocycles. The Morgan fingerprint density at radius 1 is 1.28 bits per heavy atom. The number of nitrogens with zero attached hydrogens (tertiary/aromatic N) is 2. The molecule has 29 heavy (non-hydrogen) atoms. The molecule has 8 heteroatoms. The van der Waals surface area contributed by atoms with E-state index in [-0.39, 0.29) is 51.2 Å². The van der Waals surface area contributed by atoms with E-state index < -0.39 is 5.82 Å². The monoisotopic (exact) mass is 436 g/mol. The number of amides is 1. The van der Waals surface area contributed by atoms with Crippen molar-refractivity contribution in [3.05, 3.63) is 58.3 Å². The fraction of sp³-hybridized carbons (Fsp3) is 0.286. The quantitative estimate of drug-likeness (QED) is 0.720. The van der Waals surface area contributed by atoms with E-state index in [4.69, 9.17) is 27.9 Å². The molecule has 4 rings (SSSR count). The molecule has 1 fully saturated rings. The minimum atomic E-state index is -0.658. The summed E-state index contributed by atoms with van der Waals surface area (Å²) in [4.78, 5) is 15.8. The second-order valence-corrected chi connectivity index (χ2v) is 7.91. The number of benzene rings is 2. The van der Waals surface area contributed by atoms with Crippen LogP contribution < -0.4 is 4.74 Å². The Morgan fingerprint density at radius 2 is 2.07 bits per heavy atom. The maximum atomic E-state index is 15.5. The van der Waals surface area contributed by atoms with Gasteiger partial charge >= 0.3 is 0 Å². The lowest BCUT2D eigenvalue weighted by Crippen LogP contribution is -2.55. The van der Waals surface area contributed by atoms with Crippen LogP contribution in [0.3, 0.4) is 0 Å². The highest BCUT2D eigenvalue weighted by atomic mass is 35.5. The van der Waals surface area contributed by atoms with Crippen LogP contribution in [0.4, 0.5) is 4.39 Å². The van der Waals surface area contributed by atoms with Crippen molar-refractivity contribution in [3.8, 4) is 22.6 Å². The van der Waals surface area contributed by atoms with Crippen LogP contribution in [0, 0.1) is 5.82 Å². The number of rotatable bonds is 2. The molecule has 0 spiro atoms. The lowest BCUT2D eigenvalue weighted by atomic mass is 10.0. The Hall–Kier alpha value is -2.28. The molecular weight excluding hydrogens is 418 g/mol. The molecule has 0 aliphatic carbocycles. The average molecular weight is 437 g/mol. The highest BCUT2D eigenvalue weighted by Crippen LogP contribution is 2.45. The van der Waals surface area contributed by atoms with Gasteiger partial charge in [0.15, 0.2) is 11.6 Å². The predicted molar refractivity (Wildman–Crippen MR) is 110 cm³/mol. The number of carbonyl (C=O) groups excluding carboxylic acids is 1. The van der Waals surface area contributed by atoms with Gasteiger partial charge in [0.1, 0.15) is 12.4 Å². The number of fused-ring (bicyclic) bond motifs is 2. The maximum absolute atomic E-state index is 15.5. The number of ether oxygens (including phenoxy) is 1. The van der Waals surface area contributed by atoms with Gasteiger partial charge in [0, 0.05) is 42.9 Å². The van der Waals surface area contributed by atoms with Crippen LogP contribution in [0.15, 0.2) is 36.9 Å². The minimum Gasteiger partial charge on any atom is -0.507 e. The van der Waals surface area contributed by atoms with E-state index in [2.05, 4.69) is 11.5 Å². The summed E-state index contributed by atoms with van der Waals surface area (Å²) in [7, 11) is 0. The van der Waals surface area contributed by atoms with Crippen molar-refractivity contribution in [1.82, 2.24) is 9.80 Å². The molecule has 1 atom stereocenters. The van der Waals surface area contributed by atoms with Gasteiger partial charge in [0.25, 0.3) is 0 Å². The zero-order chi connectivity index (χ0) is 20.7. The van der Waals surface area contributed by atoms with Gasteiger partial charge in [-0.25, -0.2) is 4.39 Å². The highest BCUT2D eigenvalue weighted by Gasteiger charge is 2.34. The molecule has 0 bridgehead atoms. The Balaban J connectivity index is 1.71. The van der Waals surface area contributed by atoms with Crippen LogP contribution in [-0.2, 0) is 11.3 Å². The zero-order valence-electron chi connectivity index (χ0n) is 15.5. The maximum Gasteiger partial charge on any atom is 0.246 e. The zero-order valence-corrected chi connectivity index (χ0v) is 17.0. The molecule has 2 aromatic rings. The molecule has 1 saturated heterocycles. The second kappa shape index (κ2) is 7.86. The lowest BCUT2D eigenvalue weighted by Gasteiger charge is -2.39. The number of hydrogen-bond donors (Lipinski definition) is 1. The number of hydrogen-bond acceptors (Lipinski definition) is 4. The SMILES string of the molecule is C=CC(=O)N1CCN2Cc3cc(Cl)c(-c4c(O)cccc4Cl)c(F)c3OC[C@H]2C1. The van der Waals surface area contributed by atoms with Gasteiger partial charge < -0.3 is 14.7 Å². The van der Waals surface area contributed by atoms with Gasteiger partial charge in [-0.1, -0.05) is 35.8 Å². The number of carbonyl (C=O) groups is 1. The minimum absolute atomic E-state index is 0.0110. The third-order valence-electron chi connectivity index (χ3n) is 5.38. The molecule has 2 aromatic carbocycles. The van der Waals surface area contributed by atoms with Crippen LogP contribution >= 0.6 is 23.2 Å². The fourth-order valence-corrected chi connectivity index (χ4v) is 4.47. The molecule has 2 aliphatic heterocycles. The summed E-state index contributed by atoms with van der Waals surface area (Å²) >= 11 is 12.6. The molecule has 1 N–H and O–H groups in total. The van der Waals surface area contributed by atoms with Gasteiger partial charge in [-0.05, 0) is 24.3 Å². The van der Waals surface area contributed by atoms with Gasteiger partial charge in [-0.15, -0.1) is 0 Å². The topological polar surface area (TPSA) is 53.0 Å². The van der Waals surface area contributed by atoms with Crippen molar-refractivity contribution in [1.29, 1.82) is 0 Å². The van der Waals surface area contributed by atoms with Crippen molar-refractivity contribution in [2.45, 2.75) is 12.6 Å². The smallest absolute Gasteiger partial charge is 0.246 e. The number of piperazine rings is 1. The normalized spacial score (nSPS) is 19.0. The molecule has 0 saturated carbocycles. The summed E-state index contributed by atoms with van der Waals surface area (Å²) in [6.07, 6.45) is 1.30. The van der Waals surface area contributed by atoms with E-state index >= 15 is 4.39 Å². The van der Waals surface area contributed by atoms with E-state index in [1.807, 2.05) is 0 Å². The van der Waals surface area contributed by atoms with Crippen molar-refractivity contribution >= 4 is 29.1 Å². The number of phenolic OH excluding ortho intramolecular Hbond substituents is 1. The van der Waals surface area contributed by atoms with Crippen molar-refractivity contribution < 1.29 is 19.0 Å². The fourth-order valence-electron chi connectivity index (χ4n) is 3.90. The Kier molecular flexibility index (Phi) is 5.42. The van der Waals surface area contributed by atoms with E-state index in [9.17, 15) is 9.90 Å². The molecule has 152 valence electrons. The van der Waals surface area contributed by atoms with Gasteiger partial charge in [-0.2, -0.15) is 0 Å². The number of phenols is 1. The van der Waals surface area contributed by atoms with E-state index in [0.717, 1.165) is 0 Å². The first-order valence-corrected chi connectivity index (χ1v) is 9.93. The van der Waals surface area contributed by atoms with Crippen molar-refractivity contribution in [3.63, 3.8) is 0 Å². The summed E-state index contributed by atoms with van der Waals surface area (Å²) in [5.41, 5.74) is 0.762. The first-order valence-electron chi connectivity index (χ1n) is 9.17. The van der Waals surface area contributed by atoms with Crippen LogP contribution in [0.25, 0.3) is 11.1 Å². The average Bonchev–Trinajstić information content (AvgIpc) is 2.88. The van der Waals surface area contributed by atoms with E-state index in [1.54, 1.807) is 23.1 Å². The molecule has 1 amide bonds. The Labute approximate surface area is 177 Å². The Bertz CT molecular complexity index is 978. The van der Waals surface area contributed by atoms with Crippen LogP contribution in [-0.4, -0.2) is 53.1 Å². The summed E-state index contributed by atoms with van der Waals surface area (Å²) in [5, 5.41) is 10.6. The Morgan fingerprint density at radius 3 is 2.79 bits per heavy atom. The van der Waals surface area contributed by atoms with E-state index in [0.29, 0.717) is 31.7 Å². The number of halogens is 3. The second-order valence-electron chi connectivity index (χ2n) is 7.09. The molecule has 0 radical (unpaired) electrons. The summed E-state index contributed by atoms with van der Waals surface area (Å²) < 4.78 is 21.3. The third kappa shape index (κ3) is 3.56. The van der Waals surface area contributed by atoms with Gasteiger partial charge in [0.05, 0.1) is 16.1 Å². The standard InChI is InChI=1S/C21H19Cl2FN2O3/c1-2-17(28)26-7-6-25-9-12-8-15(23)19(18-14(22)4-3-5-16(18)27)20(24)21(12)29-11-13(25)10-26/h2-5,8,13,27H,1,6-7,9-11H2/t13-/m1/s1. The largest absolute Gasteiger partial charge is 0.507 e. The molecule has 2 heterocycles. The molecule has 0 unspecified atom stereocenters. The first-order chi connectivity index (χ1) is 13.9. The summed E-state index contributed by atoms with van der Waals surface area (Å²) in [6, 6.07) is 6.14. The lowest BCUT2D eigenvalue weighted by molar-refractivity contribution is -0.129. The predicted octanol–water partition coefficient (Wildman–Crippen LogP) is 4.10. The van der Waals surface area contributed by atoms with Crippen LogP contribution in [0.2, 0.25) is 10.0 Å².